The van der Waals surface area contributed by atoms with Crippen LogP contribution < -0.4 is 5.32 Å². The van der Waals surface area contributed by atoms with Gasteiger partial charge in [0.1, 0.15) is 16.8 Å². The van der Waals surface area contributed by atoms with Gasteiger partial charge in [0.25, 0.3) is 0 Å². The lowest BCUT2D eigenvalue weighted by Gasteiger charge is -2.16. The fourth-order valence-electron chi connectivity index (χ4n) is 3.33. The number of amides is 1. The highest BCUT2D eigenvalue weighted by Crippen LogP contribution is 2.37. The zero-order valence-corrected chi connectivity index (χ0v) is 16.3. The number of thiophene rings is 1. The third kappa shape index (κ3) is 3.97. The molecule has 1 N–H and O–H groups in total. The number of aryl methyl sites for hydroxylation is 3. The topological polar surface area (TPSA) is 82.2 Å². The van der Waals surface area contributed by atoms with Crippen LogP contribution in [-0.4, -0.2) is 29.6 Å². The van der Waals surface area contributed by atoms with Crippen molar-refractivity contribution in [1.82, 2.24) is 10.1 Å². The minimum Gasteiger partial charge on any atom is -0.361 e. The molecule has 7 heteroatoms. The van der Waals surface area contributed by atoms with Crippen molar-refractivity contribution < 1.29 is 9.32 Å². The maximum atomic E-state index is 12.4. The van der Waals surface area contributed by atoms with E-state index in [1.807, 2.05) is 20.9 Å². The Kier molecular flexibility index (Phi) is 5.74. The van der Waals surface area contributed by atoms with Crippen LogP contribution in [0.15, 0.2) is 4.52 Å². The van der Waals surface area contributed by atoms with Crippen LogP contribution in [0, 0.1) is 25.2 Å². The highest BCUT2D eigenvalue weighted by atomic mass is 32.1. The fraction of sp³-hybridized carbons (Fsp3) is 0.526. The summed E-state index contributed by atoms with van der Waals surface area (Å²) in [6.45, 7) is 5.15. The van der Waals surface area contributed by atoms with E-state index in [0.717, 1.165) is 53.3 Å². The second-order valence-electron chi connectivity index (χ2n) is 6.87. The number of rotatable bonds is 6. The molecule has 0 atom stereocenters. The monoisotopic (exact) mass is 372 g/mol. The van der Waals surface area contributed by atoms with Crippen LogP contribution in [0.2, 0.25) is 0 Å². The average molecular weight is 372 g/mol. The Bertz CT molecular complexity index is 827. The zero-order valence-electron chi connectivity index (χ0n) is 15.5. The molecule has 138 valence electrons. The Morgan fingerprint density at radius 3 is 2.85 bits per heavy atom. The standard InChI is InChI=1S/C19H24N4O2S/c1-12-16(13(2)25-22-12)11-23(3)9-8-18(24)21-19-15(10-20)14-6-4-5-7-17(14)26-19/h4-9,11H2,1-3H3,(H,21,24). The molecule has 2 heterocycles. The molecule has 0 radical (unpaired) electrons. The van der Waals surface area contributed by atoms with E-state index in [1.165, 1.54) is 4.88 Å². The molecule has 0 saturated heterocycles. The average Bonchev–Trinajstić information content (AvgIpc) is 3.13. The lowest BCUT2D eigenvalue weighted by atomic mass is 9.96. The van der Waals surface area contributed by atoms with Gasteiger partial charge >= 0.3 is 0 Å². The third-order valence-electron chi connectivity index (χ3n) is 4.87. The molecule has 6 nitrogen and oxygen atoms in total. The normalized spacial score (nSPS) is 13.5. The molecule has 2 aromatic heterocycles. The molecule has 3 rings (SSSR count). The van der Waals surface area contributed by atoms with Gasteiger partial charge in [-0.2, -0.15) is 5.26 Å². The van der Waals surface area contributed by atoms with Crippen molar-refractivity contribution in [3.63, 3.8) is 0 Å². The second kappa shape index (κ2) is 8.02. The molecule has 26 heavy (non-hydrogen) atoms. The van der Waals surface area contributed by atoms with E-state index >= 15 is 0 Å². The lowest BCUT2D eigenvalue weighted by Crippen LogP contribution is -2.24. The Morgan fingerprint density at radius 2 is 2.15 bits per heavy atom. The summed E-state index contributed by atoms with van der Waals surface area (Å²) in [5.74, 6) is 0.771. The molecular weight excluding hydrogens is 348 g/mol. The molecule has 0 spiro atoms. The van der Waals surface area contributed by atoms with Crippen molar-refractivity contribution in [3.05, 3.63) is 33.0 Å². The van der Waals surface area contributed by atoms with Crippen molar-refractivity contribution in [2.45, 2.75) is 52.5 Å². The van der Waals surface area contributed by atoms with E-state index in [0.29, 0.717) is 25.1 Å². The maximum Gasteiger partial charge on any atom is 0.226 e. The molecule has 2 aromatic rings. The van der Waals surface area contributed by atoms with E-state index in [1.54, 1.807) is 11.3 Å². The first kappa shape index (κ1) is 18.6. The van der Waals surface area contributed by atoms with Gasteiger partial charge in [-0.25, -0.2) is 0 Å². The van der Waals surface area contributed by atoms with Gasteiger partial charge in [-0.3, -0.25) is 4.79 Å². The number of carbonyl (C=O) groups excluding carboxylic acids is 1. The van der Waals surface area contributed by atoms with Crippen molar-refractivity contribution in [2.24, 2.45) is 0 Å². The van der Waals surface area contributed by atoms with Crippen molar-refractivity contribution >= 4 is 22.2 Å². The SMILES string of the molecule is Cc1noc(C)c1CN(C)CCC(=O)Nc1sc2c(c1C#N)CCCC2. The first-order chi connectivity index (χ1) is 12.5. The van der Waals surface area contributed by atoms with Crippen molar-refractivity contribution in [1.29, 1.82) is 5.26 Å². The summed E-state index contributed by atoms with van der Waals surface area (Å²) in [5, 5.41) is 17.1. The largest absolute Gasteiger partial charge is 0.361 e. The number of anilines is 1. The highest BCUT2D eigenvalue weighted by molar-refractivity contribution is 7.16. The first-order valence-electron chi connectivity index (χ1n) is 8.94. The quantitative estimate of drug-likeness (QED) is 0.838. The number of aromatic nitrogens is 1. The summed E-state index contributed by atoms with van der Waals surface area (Å²) in [6.07, 6.45) is 4.64. The van der Waals surface area contributed by atoms with Crippen LogP contribution in [0.5, 0.6) is 0 Å². The molecule has 1 amide bonds. The zero-order chi connectivity index (χ0) is 18.7. The van der Waals surface area contributed by atoms with Gasteiger partial charge in [0, 0.05) is 30.0 Å². The summed E-state index contributed by atoms with van der Waals surface area (Å²) >= 11 is 1.57. The molecule has 0 saturated carbocycles. The van der Waals surface area contributed by atoms with Crippen LogP contribution in [-0.2, 0) is 24.2 Å². The van der Waals surface area contributed by atoms with Crippen LogP contribution in [0.1, 0.15) is 52.3 Å². The predicted molar refractivity (Wildman–Crippen MR) is 101 cm³/mol. The summed E-state index contributed by atoms with van der Waals surface area (Å²) in [7, 11) is 1.98. The van der Waals surface area contributed by atoms with Crippen molar-refractivity contribution in [2.75, 3.05) is 18.9 Å². The Labute approximate surface area is 157 Å². The molecule has 0 aromatic carbocycles. The van der Waals surface area contributed by atoms with Gasteiger partial charge in [-0.15, -0.1) is 11.3 Å². The molecule has 0 fully saturated rings. The molecule has 0 aliphatic heterocycles. The number of nitriles is 1. The molecule has 1 aliphatic carbocycles. The number of nitrogens with one attached hydrogen (secondary N) is 1. The van der Waals surface area contributed by atoms with Crippen LogP contribution in [0.3, 0.4) is 0 Å². The van der Waals surface area contributed by atoms with Crippen LogP contribution in [0.25, 0.3) is 0 Å². The van der Waals surface area contributed by atoms with Crippen molar-refractivity contribution in [3.8, 4) is 6.07 Å². The smallest absolute Gasteiger partial charge is 0.226 e. The number of carbonyl (C=O) groups is 1. The summed E-state index contributed by atoms with van der Waals surface area (Å²) < 4.78 is 5.18. The molecule has 0 unspecified atom stereocenters. The Hall–Kier alpha value is -2.17. The summed E-state index contributed by atoms with van der Waals surface area (Å²) in [6, 6.07) is 2.28. The van der Waals surface area contributed by atoms with Gasteiger partial charge in [0.2, 0.25) is 5.91 Å². The minimum absolute atomic E-state index is 0.0503. The number of fused-ring (bicyclic) bond motifs is 1. The van der Waals surface area contributed by atoms with Gasteiger partial charge < -0.3 is 14.7 Å². The summed E-state index contributed by atoms with van der Waals surface area (Å²) in [5.41, 5.74) is 3.78. The number of nitrogens with zero attached hydrogens (tertiary/aromatic N) is 3. The van der Waals surface area contributed by atoms with Gasteiger partial charge in [0.15, 0.2) is 0 Å². The van der Waals surface area contributed by atoms with Gasteiger partial charge in [-0.05, 0) is 52.1 Å². The van der Waals surface area contributed by atoms with Gasteiger partial charge in [-0.1, -0.05) is 5.16 Å². The lowest BCUT2D eigenvalue weighted by molar-refractivity contribution is -0.116. The maximum absolute atomic E-state index is 12.4. The molecule has 0 bridgehead atoms. The third-order valence-corrected chi connectivity index (χ3v) is 6.07. The van der Waals surface area contributed by atoms with Crippen LogP contribution in [0.4, 0.5) is 5.00 Å². The Balaban J connectivity index is 1.56. The predicted octanol–water partition coefficient (Wildman–Crippen LogP) is 3.56. The van der Waals surface area contributed by atoms with E-state index in [-0.39, 0.29) is 5.91 Å². The minimum atomic E-state index is -0.0503. The van der Waals surface area contributed by atoms with Crippen LogP contribution >= 0.6 is 11.3 Å². The fourth-order valence-corrected chi connectivity index (χ4v) is 4.59. The highest BCUT2D eigenvalue weighted by Gasteiger charge is 2.22. The Morgan fingerprint density at radius 1 is 1.38 bits per heavy atom. The first-order valence-corrected chi connectivity index (χ1v) is 9.76. The van der Waals surface area contributed by atoms with E-state index in [9.17, 15) is 10.1 Å². The molecule has 1 aliphatic rings. The number of hydrogen-bond acceptors (Lipinski definition) is 6. The van der Waals surface area contributed by atoms with E-state index in [4.69, 9.17) is 4.52 Å². The second-order valence-corrected chi connectivity index (χ2v) is 7.97. The molecular formula is C19H24N4O2S. The van der Waals surface area contributed by atoms with Gasteiger partial charge in [0.05, 0.1) is 11.3 Å². The summed E-state index contributed by atoms with van der Waals surface area (Å²) in [4.78, 5) is 15.7. The van der Waals surface area contributed by atoms with E-state index < -0.39 is 0 Å². The van der Waals surface area contributed by atoms with E-state index in [2.05, 4.69) is 21.4 Å². The number of hydrogen-bond donors (Lipinski definition) is 1.